The first kappa shape index (κ1) is 17.7. The van der Waals surface area contributed by atoms with Crippen molar-refractivity contribution >= 4 is 11.9 Å². The van der Waals surface area contributed by atoms with Crippen molar-refractivity contribution in [3.8, 4) is 0 Å². The molecule has 0 aliphatic rings. The largest absolute Gasteiger partial charge is 0.469 e. The first-order valence-corrected chi connectivity index (χ1v) is 6.95. The summed E-state index contributed by atoms with van der Waals surface area (Å²) in [5, 5.41) is 2.87. The standard InChI is InChI=1S/C15H27NO3/c1-6-7-8-12(4)9-14(17)16-13(11(2)3)10-15(18)19-5/h9,11,13H,6-8,10H2,1-5H3,(H,16,17)/b12-9+. The molecule has 1 N–H and O–H groups in total. The summed E-state index contributed by atoms with van der Waals surface area (Å²) in [6.07, 6.45) is 4.98. The first-order chi connectivity index (χ1) is 8.90. The summed E-state index contributed by atoms with van der Waals surface area (Å²) < 4.78 is 4.64. The number of carbonyl (C=O) groups is 2. The van der Waals surface area contributed by atoms with Crippen LogP contribution < -0.4 is 5.32 Å². The van der Waals surface area contributed by atoms with Gasteiger partial charge in [-0.1, -0.05) is 32.8 Å². The molecule has 0 saturated carbocycles. The predicted octanol–water partition coefficient (Wildman–Crippen LogP) is 2.83. The van der Waals surface area contributed by atoms with Gasteiger partial charge in [-0.05, 0) is 25.7 Å². The van der Waals surface area contributed by atoms with Gasteiger partial charge in [-0.2, -0.15) is 0 Å². The number of ether oxygens (including phenoxy) is 1. The van der Waals surface area contributed by atoms with E-state index in [1.165, 1.54) is 7.11 Å². The first-order valence-electron chi connectivity index (χ1n) is 6.95. The summed E-state index contributed by atoms with van der Waals surface area (Å²) in [5.41, 5.74) is 1.07. The Balaban J connectivity index is 4.42. The predicted molar refractivity (Wildman–Crippen MR) is 76.7 cm³/mol. The number of esters is 1. The van der Waals surface area contributed by atoms with Gasteiger partial charge >= 0.3 is 5.97 Å². The van der Waals surface area contributed by atoms with Crippen LogP contribution in [0.25, 0.3) is 0 Å². The Morgan fingerprint density at radius 1 is 1.32 bits per heavy atom. The number of methoxy groups -OCH3 is 1. The molecular weight excluding hydrogens is 242 g/mol. The molecule has 0 rings (SSSR count). The van der Waals surface area contributed by atoms with Gasteiger partial charge in [0.25, 0.3) is 0 Å². The second-order valence-electron chi connectivity index (χ2n) is 5.23. The number of hydrogen-bond acceptors (Lipinski definition) is 3. The Morgan fingerprint density at radius 3 is 2.42 bits per heavy atom. The summed E-state index contributed by atoms with van der Waals surface area (Å²) in [5.74, 6) is -0.241. The third-order valence-corrected chi connectivity index (χ3v) is 3.05. The molecule has 0 heterocycles. The van der Waals surface area contributed by atoms with E-state index in [9.17, 15) is 9.59 Å². The van der Waals surface area contributed by atoms with Gasteiger partial charge in [0.1, 0.15) is 0 Å². The molecule has 0 bridgehead atoms. The zero-order valence-electron chi connectivity index (χ0n) is 12.8. The maximum Gasteiger partial charge on any atom is 0.307 e. The minimum atomic E-state index is -0.300. The Kier molecular flexibility index (Phi) is 8.92. The van der Waals surface area contributed by atoms with Gasteiger partial charge in [-0.3, -0.25) is 9.59 Å². The van der Waals surface area contributed by atoms with E-state index < -0.39 is 0 Å². The van der Waals surface area contributed by atoms with Crippen LogP contribution in [-0.4, -0.2) is 25.0 Å². The van der Waals surface area contributed by atoms with Crippen LogP contribution in [0.2, 0.25) is 0 Å². The molecule has 0 aromatic rings. The van der Waals surface area contributed by atoms with E-state index in [-0.39, 0.29) is 30.3 Å². The van der Waals surface area contributed by atoms with Crippen LogP contribution in [0.15, 0.2) is 11.6 Å². The Labute approximate surface area is 116 Å². The van der Waals surface area contributed by atoms with E-state index in [0.29, 0.717) is 0 Å². The van der Waals surface area contributed by atoms with E-state index >= 15 is 0 Å². The van der Waals surface area contributed by atoms with Gasteiger partial charge in [0.15, 0.2) is 0 Å². The Hall–Kier alpha value is -1.32. The molecule has 0 saturated heterocycles. The zero-order chi connectivity index (χ0) is 14.8. The monoisotopic (exact) mass is 269 g/mol. The van der Waals surface area contributed by atoms with Crippen molar-refractivity contribution < 1.29 is 14.3 Å². The average molecular weight is 269 g/mol. The molecule has 0 spiro atoms. The van der Waals surface area contributed by atoms with Crippen molar-refractivity contribution in [1.29, 1.82) is 0 Å². The SMILES string of the molecule is CCCC/C(C)=C/C(=O)NC(CC(=O)OC)C(C)C. The second-order valence-corrected chi connectivity index (χ2v) is 5.23. The van der Waals surface area contributed by atoms with E-state index in [2.05, 4.69) is 17.0 Å². The molecule has 1 amide bonds. The highest BCUT2D eigenvalue weighted by Gasteiger charge is 2.19. The summed E-state index contributed by atoms with van der Waals surface area (Å²) in [4.78, 5) is 23.1. The molecule has 1 atom stereocenters. The normalized spacial score (nSPS) is 13.3. The number of rotatable bonds is 8. The number of unbranched alkanes of at least 4 members (excludes halogenated alkanes) is 1. The van der Waals surface area contributed by atoms with Crippen LogP contribution in [0.4, 0.5) is 0 Å². The molecule has 0 aliphatic heterocycles. The summed E-state index contributed by atoms with van der Waals surface area (Å²) in [6, 6.07) is -0.185. The lowest BCUT2D eigenvalue weighted by Gasteiger charge is -2.20. The van der Waals surface area contributed by atoms with Crippen molar-refractivity contribution in [2.24, 2.45) is 5.92 Å². The van der Waals surface area contributed by atoms with Crippen LogP contribution in [0.5, 0.6) is 0 Å². The summed E-state index contributed by atoms with van der Waals surface area (Å²) in [6.45, 7) is 8.03. The third kappa shape index (κ3) is 8.41. The molecule has 4 heteroatoms. The number of hydrogen-bond donors (Lipinski definition) is 1. The molecule has 1 unspecified atom stereocenters. The number of amides is 1. The molecule has 110 valence electrons. The van der Waals surface area contributed by atoms with Crippen LogP contribution in [0.1, 0.15) is 53.4 Å². The lowest BCUT2D eigenvalue weighted by molar-refractivity contribution is -0.141. The number of allylic oxidation sites excluding steroid dienone is 1. The molecular formula is C15H27NO3. The van der Waals surface area contributed by atoms with Gasteiger partial charge < -0.3 is 10.1 Å². The summed E-state index contributed by atoms with van der Waals surface area (Å²) in [7, 11) is 1.36. The highest BCUT2D eigenvalue weighted by Crippen LogP contribution is 2.09. The van der Waals surface area contributed by atoms with Gasteiger partial charge in [0.05, 0.1) is 13.5 Å². The molecule has 19 heavy (non-hydrogen) atoms. The molecule has 4 nitrogen and oxygen atoms in total. The second kappa shape index (κ2) is 9.59. The van der Waals surface area contributed by atoms with Crippen molar-refractivity contribution in [3.05, 3.63) is 11.6 Å². The topological polar surface area (TPSA) is 55.4 Å². The van der Waals surface area contributed by atoms with Crippen molar-refractivity contribution in [2.75, 3.05) is 7.11 Å². The van der Waals surface area contributed by atoms with Crippen LogP contribution in [0, 0.1) is 5.92 Å². The zero-order valence-corrected chi connectivity index (χ0v) is 12.8. The van der Waals surface area contributed by atoms with Crippen LogP contribution in [0.3, 0.4) is 0 Å². The lowest BCUT2D eigenvalue weighted by Crippen LogP contribution is -2.39. The smallest absolute Gasteiger partial charge is 0.307 e. The van der Waals surface area contributed by atoms with Gasteiger partial charge in [0.2, 0.25) is 5.91 Å². The molecule has 0 fully saturated rings. The van der Waals surface area contributed by atoms with Crippen LogP contribution >= 0.6 is 0 Å². The number of carbonyl (C=O) groups excluding carboxylic acids is 2. The van der Waals surface area contributed by atoms with E-state index in [4.69, 9.17) is 0 Å². The lowest BCUT2D eigenvalue weighted by atomic mass is 10.0. The minimum absolute atomic E-state index is 0.129. The maximum atomic E-state index is 11.9. The third-order valence-electron chi connectivity index (χ3n) is 3.05. The highest BCUT2D eigenvalue weighted by molar-refractivity contribution is 5.88. The fourth-order valence-corrected chi connectivity index (χ4v) is 1.69. The maximum absolute atomic E-state index is 11.9. The average Bonchev–Trinajstić information content (AvgIpc) is 2.34. The van der Waals surface area contributed by atoms with Crippen molar-refractivity contribution in [2.45, 2.75) is 59.4 Å². The van der Waals surface area contributed by atoms with Crippen LogP contribution in [-0.2, 0) is 14.3 Å². The fraction of sp³-hybridized carbons (Fsp3) is 0.733. The molecule has 0 radical (unpaired) electrons. The number of nitrogens with one attached hydrogen (secondary N) is 1. The van der Waals surface area contributed by atoms with Crippen molar-refractivity contribution in [3.63, 3.8) is 0 Å². The quantitative estimate of drug-likeness (QED) is 0.544. The van der Waals surface area contributed by atoms with E-state index in [0.717, 1.165) is 24.8 Å². The van der Waals surface area contributed by atoms with E-state index in [1.807, 2.05) is 20.8 Å². The van der Waals surface area contributed by atoms with Gasteiger partial charge in [0, 0.05) is 12.1 Å². The molecule has 0 aromatic carbocycles. The molecule has 0 aromatic heterocycles. The summed E-state index contributed by atoms with van der Waals surface area (Å²) >= 11 is 0. The minimum Gasteiger partial charge on any atom is -0.469 e. The highest BCUT2D eigenvalue weighted by atomic mass is 16.5. The molecule has 0 aliphatic carbocycles. The van der Waals surface area contributed by atoms with Gasteiger partial charge in [-0.15, -0.1) is 0 Å². The van der Waals surface area contributed by atoms with Gasteiger partial charge in [-0.25, -0.2) is 0 Å². The fourth-order valence-electron chi connectivity index (χ4n) is 1.69. The Morgan fingerprint density at radius 2 is 1.95 bits per heavy atom. The van der Waals surface area contributed by atoms with Crippen molar-refractivity contribution in [1.82, 2.24) is 5.32 Å². The Bertz CT molecular complexity index is 321. The van der Waals surface area contributed by atoms with E-state index in [1.54, 1.807) is 6.08 Å².